The first-order valence-corrected chi connectivity index (χ1v) is 6.88. The van der Waals surface area contributed by atoms with Crippen LogP contribution in [0.15, 0.2) is 48.5 Å². The van der Waals surface area contributed by atoms with Crippen LogP contribution >= 0.6 is 0 Å². The van der Waals surface area contributed by atoms with Crippen LogP contribution in [0.1, 0.15) is 10.5 Å². The summed E-state index contributed by atoms with van der Waals surface area (Å²) in [4.78, 5) is 14.9. The molecule has 3 rings (SSSR count). The van der Waals surface area contributed by atoms with Gasteiger partial charge in [-0.15, -0.1) is 0 Å². The van der Waals surface area contributed by atoms with Gasteiger partial charge in [-0.3, -0.25) is 4.79 Å². The summed E-state index contributed by atoms with van der Waals surface area (Å²) in [5.41, 5.74) is -0.576. The first-order chi connectivity index (χ1) is 11.5. The van der Waals surface area contributed by atoms with Crippen molar-refractivity contribution in [3.05, 3.63) is 77.5 Å². The summed E-state index contributed by atoms with van der Waals surface area (Å²) in [5.74, 6) is -4.53. The molecule has 0 unspecified atom stereocenters. The van der Waals surface area contributed by atoms with Gasteiger partial charge >= 0.3 is 0 Å². The van der Waals surface area contributed by atoms with Gasteiger partial charge in [-0.2, -0.15) is 0 Å². The quantitative estimate of drug-likeness (QED) is 0.510. The summed E-state index contributed by atoms with van der Waals surface area (Å²) >= 11 is 0. The minimum absolute atomic E-state index is 0.0436. The summed E-state index contributed by atoms with van der Waals surface area (Å²) in [6, 6.07) is 9.54. The molecule has 0 atom stereocenters. The fourth-order valence-corrected chi connectivity index (χ4v) is 2.36. The molecule has 24 heavy (non-hydrogen) atoms. The third-order valence-electron chi connectivity index (χ3n) is 3.49. The summed E-state index contributed by atoms with van der Waals surface area (Å²) in [6.07, 6.45) is 0.423. The van der Waals surface area contributed by atoms with E-state index < -0.39 is 23.3 Å². The average Bonchev–Trinajstić information content (AvgIpc) is 2.59. The number of rotatable bonds is 3. The van der Waals surface area contributed by atoms with Crippen LogP contribution < -0.4 is 0 Å². The zero-order valence-corrected chi connectivity index (χ0v) is 12.1. The number of halogens is 4. The second-order valence-electron chi connectivity index (χ2n) is 4.95. The number of pyridine rings is 1. The van der Waals surface area contributed by atoms with Crippen molar-refractivity contribution >= 4 is 6.29 Å². The third-order valence-corrected chi connectivity index (χ3v) is 3.49. The SMILES string of the molecule is O=Cc1ccc(-c2cccc(F)c2F)c(-c2cccc(F)c2F)n1. The molecule has 0 spiro atoms. The van der Waals surface area contributed by atoms with E-state index in [-0.39, 0.29) is 28.1 Å². The highest BCUT2D eigenvalue weighted by Crippen LogP contribution is 2.34. The van der Waals surface area contributed by atoms with Gasteiger partial charge < -0.3 is 0 Å². The van der Waals surface area contributed by atoms with E-state index in [0.29, 0.717) is 6.29 Å². The Morgan fingerprint density at radius 2 is 1.29 bits per heavy atom. The van der Waals surface area contributed by atoms with Crippen molar-refractivity contribution in [2.45, 2.75) is 0 Å². The van der Waals surface area contributed by atoms with Crippen LogP contribution in [0.25, 0.3) is 22.4 Å². The Kier molecular flexibility index (Phi) is 4.12. The minimum Gasteiger partial charge on any atom is -0.296 e. The van der Waals surface area contributed by atoms with Crippen molar-refractivity contribution in [1.29, 1.82) is 0 Å². The van der Waals surface area contributed by atoms with Crippen LogP contribution in [0.2, 0.25) is 0 Å². The lowest BCUT2D eigenvalue weighted by Gasteiger charge is -2.12. The maximum atomic E-state index is 14.1. The Labute approximate surface area is 134 Å². The first-order valence-electron chi connectivity index (χ1n) is 6.88. The molecule has 0 N–H and O–H groups in total. The van der Waals surface area contributed by atoms with Crippen molar-refractivity contribution in [2.24, 2.45) is 0 Å². The lowest BCUT2D eigenvalue weighted by Crippen LogP contribution is -1.99. The molecule has 0 radical (unpaired) electrons. The van der Waals surface area contributed by atoms with E-state index >= 15 is 0 Å². The zero-order valence-electron chi connectivity index (χ0n) is 12.1. The van der Waals surface area contributed by atoms with Crippen LogP contribution in [0.4, 0.5) is 17.6 Å². The molecule has 6 heteroatoms. The molecule has 0 saturated heterocycles. The highest BCUT2D eigenvalue weighted by molar-refractivity contribution is 5.84. The molecule has 120 valence electrons. The molecule has 1 aromatic heterocycles. The maximum Gasteiger partial charge on any atom is 0.168 e. The molecular formula is C18H9F4NO. The highest BCUT2D eigenvalue weighted by atomic mass is 19.2. The lowest BCUT2D eigenvalue weighted by atomic mass is 9.98. The normalized spacial score (nSPS) is 10.7. The Balaban J connectivity index is 2.34. The molecule has 0 bridgehead atoms. The summed E-state index contributed by atoms with van der Waals surface area (Å²) in [5, 5.41) is 0. The standard InChI is InChI=1S/C18H9F4NO/c19-14-5-1-3-11(16(14)21)12-8-7-10(9-24)23-18(12)13-4-2-6-15(20)17(13)22/h1-9H. The van der Waals surface area contributed by atoms with E-state index in [1.165, 1.54) is 36.4 Å². The Bertz CT molecular complexity index is 940. The summed E-state index contributed by atoms with van der Waals surface area (Å²) < 4.78 is 55.3. The van der Waals surface area contributed by atoms with E-state index in [9.17, 15) is 22.4 Å². The molecule has 0 aliphatic heterocycles. The van der Waals surface area contributed by atoms with Gasteiger partial charge in [0.15, 0.2) is 29.6 Å². The molecule has 0 aliphatic carbocycles. The van der Waals surface area contributed by atoms with Crippen molar-refractivity contribution in [2.75, 3.05) is 0 Å². The van der Waals surface area contributed by atoms with Gasteiger partial charge in [0.25, 0.3) is 0 Å². The van der Waals surface area contributed by atoms with Crippen molar-refractivity contribution in [3.63, 3.8) is 0 Å². The van der Waals surface area contributed by atoms with Gasteiger partial charge in [-0.1, -0.05) is 18.2 Å². The lowest BCUT2D eigenvalue weighted by molar-refractivity contribution is 0.111. The van der Waals surface area contributed by atoms with Crippen LogP contribution in [0, 0.1) is 23.3 Å². The van der Waals surface area contributed by atoms with E-state index in [4.69, 9.17) is 0 Å². The summed E-state index contributed by atoms with van der Waals surface area (Å²) in [6.45, 7) is 0. The van der Waals surface area contributed by atoms with Crippen molar-refractivity contribution in [3.8, 4) is 22.4 Å². The van der Waals surface area contributed by atoms with Gasteiger partial charge in [0.05, 0.1) is 5.69 Å². The average molecular weight is 331 g/mol. The number of nitrogens with zero attached hydrogens (tertiary/aromatic N) is 1. The fraction of sp³-hybridized carbons (Fsp3) is 0. The highest BCUT2D eigenvalue weighted by Gasteiger charge is 2.19. The molecule has 0 saturated carbocycles. The van der Waals surface area contributed by atoms with Crippen molar-refractivity contribution in [1.82, 2.24) is 4.98 Å². The van der Waals surface area contributed by atoms with E-state index in [0.717, 1.165) is 12.1 Å². The molecule has 0 aliphatic rings. The van der Waals surface area contributed by atoms with Gasteiger partial charge in [0, 0.05) is 16.7 Å². The minimum atomic E-state index is -1.19. The second kappa shape index (κ2) is 6.23. The molecule has 3 aromatic rings. The van der Waals surface area contributed by atoms with Gasteiger partial charge in [-0.05, 0) is 30.3 Å². The zero-order chi connectivity index (χ0) is 17.3. The van der Waals surface area contributed by atoms with Crippen LogP contribution in [-0.2, 0) is 0 Å². The van der Waals surface area contributed by atoms with Gasteiger partial charge in [-0.25, -0.2) is 22.5 Å². The van der Waals surface area contributed by atoms with E-state index in [1.54, 1.807) is 0 Å². The van der Waals surface area contributed by atoms with E-state index in [1.807, 2.05) is 0 Å². The number of hydrogen-bond acceptors (Lipinski definition) is 2. The van der Waals surface area contributed by atoms with Crippen LogP contribution in [0.3, 0.4) is 0 Å². The molecule has 0 fully saturated rings. The predicted octanol–water partition coefficient (Wildman–Crippen LogP) is 4.78. The molecule has 2 nitrogen and oxygen atoms in total. The Morgan fingerprint density at radius 1 is 0.708 bits per heavy atom. The largest absolute Gasteiger partial charge is 0.296 e. The molecular weight excluding hydrogens is 322 g/mol. The number of aromatic nitrogens is 1. The third kappa shape index (κ3) is 2.67. The predicted molar refractivity (Wildman–Crippen MR) is 80.3 cm³/mol. The van der Waals surface area contributed by atoms with Gasteiger partial charge in [0.2, 0.25) is 0 Å². The molecule has 1 heterocycles. The number of aldehydes is 1. The smallest absolute Gasteiger partial charge is 0.168 e. The maximum absolute atomic E-state index is 14.1. The molecule has 2 aromatic carbocycles. The number of carbonyl (C=O) groups excluding carboxylic acids is 1. The number of hydrogen-bond donors (Lipinski definition) is 0. The topological polar surface area (TPSA) is 30.0 Å². The number of benzene rings is 2. The van der Waals surface area contributed by atoms with Crippen LogP contribution in [-0.4, -0.2) is 11.3 Å². The fourth-order valence-electron chi connectivity index (χ4n) is 2.36. The van der Waals surface area contributed by atoms with Gasteiger partial charge in [0.1, 0.15) is 5.69 Å². The monoisotopic (exact) mass is 331 g/mol. The Morgan fingerprint density at radius 3 is 1.92 bits per heavy atom. The number of carbonyl (C=O) groups is 1. The Hall–Kier alpha value is -3.02. The van der Waals surface area contributed by atoms with Crippen molar-refractivity contribution < 1.29 is 22.4 Å². The second-order valence-corrected chi connectivity index (χ2v) is 4.95. The van der Waals surface area contributed by atoms with E-state index in [2.05, 4.69) is 4.98 Å². The first kappa shape index (κ1) is 15.9. The van der Waals surface area contributed by atoms with Crippen LogP contribution in [0.5, 0.6) is 0 Å². The molecule has 0 amide bonds. The summed E-state index contributed by atoms with van der Waals surface area (Å²) in [7, 11) is 0.